The van der Waals surface area contributed by atoms with Gasteiger partial charge in [-0.05, 0) is 55.3 Å². The minimum atomic E-state index is -1.01. The number of Topliss-reactive ketones (excluding diaryl/α,β-unsaturated/α-hetero) is 1. The summed E-state index contributed by atoms with van der Waals surface area (Å²) in [5, 5.41) is 11.3. The Bertz CT molecular complexity index is 1330. The van der Waals surface area contributed by atoms with Crippen molar-refractivity contribution in [3.05, 3.63) is 24.3 Å². The lowest BCUT2D eigenvalue weighted by molar-refractivity contribution is -0.146. The molecule has 3 aliphatic rings. The minimum absolute atomic E-state index is 0.0106. The van der Waals surface area contributed by atoms with Gasteiger partial charge in [0.15, 0.2) is 0 Å². The van der Waals surface area contributed by atoms with Gasteiger partial charge in [0, 0.05) is 25.0 Å². The molecule has 3 unspecified atom stereocenters. The van der Waals surface area contributed by atoms with Crippen LogP contribution in [0.25, 0.3) is 0 Å². The van der Waals surface area contributed by atoms with Crippen LogP contribution in [-0.2, 0) is 24.0 Å². The van der Waals surface area contributed by atoms with Crippen molar-refractivity contribution in [2.75, 3.05) is 6.54 Å². The van der Waals surface area contributed by atoms with E-state index in [0.717, 1.165) is 32.1 Å². The zero-order valence-corrected chi connectivity index (χ0v) is 28.5. The Balaban J connectivity index is 1.55. The number of rotatable bonds is 14. The molecule has 5 amide bonds. The third-order valence-electron chi connectivity index (χ3n) is 9.77. The highest BCUT2D eigenvalue weighted by Gasteiger charge is 2.52. The Kier molecular flexibility index (Phi) is 11.7. The Hall–Kier alpha value is -3.90. The lowest BCUT2D eigenvalue weighted by atomic mass is 9.84. The average molecular weight is 654 g/mol. The molecule has 4 N–H and O–H groups in total. The highest BCUT2D eigenvalue weighted by atomic mass is 16.2. The van der Waals surface area contributed by atoms with E-state index in [1.54, 1.807) is 4.90 Å². The van der Waals surface area contributed by atoms with Crippen LogP contribution in [0.2, 0.25) is 0 Å². The fourth-order valence-electron chi connectivity index (χ4n) is 6.71. The zero-order valence-electron chi connectivity index (χ0n) is 28.5. The van der Waals surface area contributed by atoms with Crippen LogP contribution in [0.15, 0.2) is 18.6 Å². The molecule has 2 saturated carbocycles. The van der Waals surface area contributed by atoms with Crippen LogP contribution >= 0.6 is 0 Å². The van der Waals surface area contributed by atoms with Gasteiger partial charge in [0.2, 0.25) is 23.5 Å². The van der Waals surface area contributed by atoms with Gasteiger partial charge in [0.25, 0.3) is 11.8 Å². The molecule has 47 heavy (non-hydrogen) atoms. The predicted octanol–water partition coefficient (Wildman–Crippen LogP) is 1.91. The van der Waals surface area contributed by atoms with Crippen molar-refractivity contribution in [3.8, 4) is 0 Å². The van der Waals surface area contributed by atoms with Crippen molar-refractivity contribution in [3.63, 3.8) is 0 Å². The van der Waals surface area contributed by atoms with E-state index in [4.69, 9.17) is 0 Å². The number of likely N-dealkylation sites (tertiary alicyclic amines) is 1. The largest absolute Gasteiger partial charge is 0.347 e. The second kappa shape index (κ2) is 15.3. The molecule has 4 rings (SSSR count). The Labute approximate surface area is 277 Å². The molecular weight excluding hydrogens is 602 g/mol. The fraction of sp³-hybridized carbons (Fsp3) is 0.706. The standard InChI is InChI=1S/C34H51N7O6/c1-7-10-23(27(42)32(46)37-21-13-14-21)38-31(45)26-22-12-9-11-20(22)18-41(26)33(47)28(34(4,5)6)40-30(44)25(19(3)8-2)39-29(43)24-17-35-15-16-36-24/h15-17,19-23,25-26,28H,7-14,18H2,1-6H3,(H,37,46)(H,38,45)(H,39,43)(H,40,44)/t19?,20?,22?,23-,25-,26-,28+/m0/s1. The number of hydrogen-bond donors (Lipinski definition) is 4. The van der Waals surface area contributed by atoms with Crippen molar-refractivity contribution in [1.82, 2.24) is 36.1 Å². The van der Waals surface area contributed by atoms with Gasteiger partial charge in [-0.25, -0.2) is 4.98 Å². The molecule has 1 aliphatic heterocycles. The molecule has 3 fully saturated rings. The molecule has 2 heterocycles. The summed E-state index contributed by atoms with van der Waals surface area (Å²) in [4.78, 5) is 90.4. The summed E-state index contributed by atoms with van der Waals surface area (Å²) in [6.07, 6.45) is 9.86. The van der Waals surface area contributed by atoms with Gasteiger partial charge in [-0.2, -0.15) is 0 Å². The first-order valence-corrected chi connectivity index (χ1v) is 17.1. The first kappa shape index (κ1) is 35.9. The normalized spacial score (nSPS) is 23.1. The van der Waals surface area contributed by atoms with Crippen molar-refractivity contribution in [2.24, 2.45) is 23.2 Å². The van der Waals surface area contributed by atoms with E-state index in [0.29, 0.717) is 25.8 Å². The van der Waals surface area contributed by atoms with Gasteiger partial charge >= 0.3 is 0 Å². The zero-order chi connectivity index (χ0) is 34.5. The lowest BCUT2D eigenvalue weighted by Crippen LogP contribution is -2.62. The average Bonchev–Trinajstić information content (AvgIpc) is 3.61. The number of nitrogens with one attached hydrogen (secondary N) is 4. The van der Waals surface area contributed by atoms with E-state index in [2.05, 4.69) is 31.2 Å². The lowest BCUT2D eigenvalue weighted by Gasteiger charge is -2.37. The number of hydrogen-bond acceptors (Lipinski definition) is 8. The number of carbonyl (C=O) groups excluding carboxylic acids is 6. The maximum Gasteiger partial charge on any atom is 0.289 e. The van der Waals surface area contributed by atoms with Gasteiger partial charge < -0.3 is 26.2 Å². The van der Waals surface area contributed by atoms with Crippen LogP contribution in [0, 0.1) is 23.2 Å². The third kappa shape index (κ3) is 8.72. The van der Waals surface area contributed by atoms with Crippen molar-refractivity contribution in [1.29, 1.82) is 0 Å². The monoisotopic (exact) mass is 653 g/mol. The number of nitrogens with zero attached hydrogens (tertiary/aromatic N) is 3. The highest BCUT2D eigenvalue weighted by molar-refractivity contribution is 6.38. The first-order valence-electron chi connectivity index (χ1n) is 17.1. The van der Waals surface area contributed by atoms with Gasteiger partial charge in [0.1, 0.15) is 23.8 Å². The van der Waals surface area contributed by atoms with E-state index in [1.165, 1.54) is 18.6 Å². The van der Waals surface area contributed by atoms with Gasteiger partial charge in [-0.15, -0.1) is 0 Å². The Morgan fingerprint density at radius 2 is 1.70 bits per heavy atom. The maximum absolute atomic E-state index is 14.5. The molecule has 0 aromatic carbocycles. The van der Waals surface area contributed by atoms with Crippen LogP contribution < -0.4 is 21.3 Å². The molecular formula is C34H51N7O6. The molecule has 0 radical (unpaired) electrons. The molecule has 13 nitrogen and oxygen atoms in total. The van der Waals surface area contributed by atoms with E-state index in [-0.39, 0.29) is 29.5 Å². The van der Waals surface area contributed by atoms with Gasteiger partial charge in [-0.1, -0.05) is 60.8 Å². The number of aromatic nitrogens is 2. The van der Waals surface area contributed by atoms with E-state index < -0.39 is 64.9 Å². The van der Waals surface area contributed by atoms with Crippen molar-refractivity contribution >= 4 is 35.3 Å². The number of fused-ring (bicyclic) bond motifs is 1. The smallest absolute Gasteiger partial charge is 0.289 e. The van der Waals surface area contributed by atoms with Crippen LogP contribution in [0.4, 0.5) is 0 Å². The van der Waals surface area contributed by atoms with Crippen molar-refractivity contribution in [2.45, 2.75) is 123 Å². The Morgan fingerprint density at radius 1 is 0.979 bits per heavy atom. The summed E-state index contributed by atoms with van der Waals surface area (Å²) in [6, 6.07) is -3.78. The molecule has 258 valence electrons. The van der Waals surface area contributed by atoms with Crippen LogP contribution in [0.1, 0.15) is 103 Å². The van der Waals surface area contributed by atoms with Crippen LogP contribution in [-0.4, -0.2) is 86.9 Å². The van der Waals surface area contributed by atoms with E-state index >= 15 is 0 Å². The van der Waals surface area contributed by atoms with Crippen LogP contribution in [0.3, 0.4) is 0 Å². The fourth-order valence-corrected chi connectivity index (χ4v) is 6.71. The topological polar surface area (TPSA) is 180 Å². The summed E-state index contributed by atoms with van der Waals surface area (Å²) >= 11 is 0. The summed E-state index contributed by atoms with van der Waals surface area (Å²) < 4.78 is 0. The SMILES string of the molecule is CCC[C@H](NC(=O)[C@@H]1C2CCCC2CN1C(=O)[C@@H](NC(=O)[C@@H](NC(=O)c1cnccn1)C(C)CC)C(C)(C)C)C(=O)C(=O)NC1CC1. The molecule has 0 spiro atoms. The summed E-state index contributed by atoms with van der Waals surface area (Å²) in [6.45, 7) is 11.5. The Morgan fingerprint density at radius 3 is 2.30 bits per heavy atom. The van der Waals surface area contributed by atoms with Crippen molar-refractivity contribution < 1.29 is 28.8 Å². The highest BCUT2D eigenvalue weighted by Crippen LogP contribution is 2.43. The van der Waals surface area contributed by atoms with Crippen LogP contribution in [0.5, 0.6) is 0 Å². The number of carbonyl (C=O) groups is 6. The van der Waals surface area contributed by atoms with Gasteiger partial charge in [0.05, 0.1) is 12.2 Å². The summed E-state index contributed by atoms with van der Waals surface area (Å²) in [7, 11) is 0. The molecule has 1 aromatic rings. The molecule has 13 heteroatoms. The minimum Gasteiger partial charge on any atom is -0.347 e. The molecule has 2 aliphatic carbocycles. The first-order chi connectivity index (χ1) is 22.3. The third-order valence-corrected chi connectivity index (χ3v) is 9.77. The molecule has 0 bridgehead atoms. The second-order valence-electron chi connectivity index (χ2n) is 14.5. The van der Waals surface area contributed by atoms with E-state index in [1.807, 2.05) is 41.5 Å². The molecule has 1 aromatic heterocycles. The summed E-state index contributed by atoms with van der Waals surface area (Å²) in [5.41, 5.74) is -0.679. The molecule has 7 atom stereocenters. The molecule has 1 saturated heterocycles. The predicted molar refractivity (Wildman–Crippen MR) is 173 cm³/mol. The number of amides is 5. The van der Waals surface area contributed by atoms with E-state index in [9.17, 15) is 28.8 Å². The number of ketones is 1. The van der Waals surface area contributed by atoms with Gasteiger partial charge in [-0.3, -0.25) is 33.8 Å². The second-order valence-corrected chi connectivity index (χ2v) is 14.5. The quantitative estimate of drug-likeness (QED) is 0.220. The maximum atomic E-state index is 14.5. The summed E-state index contributed by atoms with van der Waals surface area (Å²) in [5.74, 6) is -3.52.